The molecule has 112 valence electrons. The molecule has 3 heteroatoms. The van der Waals surface area contributed by atoms with Gasteiger partial charge in [0.1, 0.15) is 5.03 Å². The van der Waals surface area contributed by atoms with Crippen LogP contribution in [0.2, 0.25) is 0 Å². The first-order valence-electron chi connectivity index (χ1n) is 7.50. The molecule has 0 spiro atoms. The largest absolute Gasteiger partial charge is 0.310 e. The van der Waals surface area contributed by atoms with E-state index in [1.54, 1.807) is 11.8 Å². The first-order valence-corrected chi connectivity index (χ1v) is 8.32. The second-order valence-corrected chi connectivity index (χ2v) is 6.96. The zero-order valence-corrected chi connectivity index (χ0v) is 14.1. The predicted molar refractivity (Wildman–Crippen MR) is 90.9 cm³/mol. The highest BCUT2D eigenvalue weighted by molar-refractivity contribution is 7.99. The van der Waals surface area contributed by atoms with Crippen LogP contribution in [0, 0.1) is 0 Å². The SMILES string of the molecule is CC(C)NCc1ccc(Sc2ccc(C(C)C)cc2)nc1. The van der Waals surface area contributed by atoms with Gasteiger partial charge in [0.05, 0.1) is 0 Å². The van der Waals surface area contributed by atoms with Crippen molar-refractivity contribution in [3.8, 4) is 0 Å². The second-order valence-electron chi connectivity index (χ2n) is 5.87. The van der Waals surface area contributed by atoms with Crippen molar-refractivity contribution in [1.82, 2.24) is 10.3 Å². The zero-order valence-electron chi connectivity index (χ0n) is 13.3. The molecule has 1 aromatic heterocycles. The summed E-state index contributed by atoms with van der Waals surface area (Å²) in [4.78, 5) is 5.77. The lowest BCUT2D eigenvalue weighted by Crippen LogP contribution is -2.21. The third-order valence-electron chi connectivity index (χ3n) is 3.28. The Balaban J connectivity index is 1.96. The van der Waals surface area contributed by atoms with Gasteiger partial charge in [-0.1, -0.05) is 57.7 Å². The van der Waals surface area contributed by atoms with E-state index in [2.05, 4.69) is 74.4 Å². The topological polar surface area (TPSA) is 24.9 Å². The summed E-state index contributed by atoms with van der Waals surface area (Å²) in [6, 6.07) is 13.5. The normalized spacial score (nSPS) is 11.3. The van der Waals surface area contributed by atoms with Crippen LogP contribution in [0.25, 0.3) is 0 Å². The van der Waals surface area contributed by atoms with Gasteiger partial charge in [-0.2, -0.15) is 0 Å². The standard InChI is InChI=1S/C18H24N2S/c1-13(2)16-6-8-17(9-7-16)21-18-10-5-15(12-20-18)11-19-14(3)4/h5-10,12-14,19H,11H2,1-4H3. The maximum Gasteiger partial charge on any atom is 0.101 e. The molecule has 1 heterocycles. The van der Waals surface area contributed by atoms with Gasteiger partial charge >= 0.3 is 0 Å². The molecule has 0 saturated carbocycles. The van der Waals surface area contributed by atoms with Crippen LogP contribution in [0.5, 0.6) is 0 Å². The lowest BCUT2D eigenvalue weighted by Gasteiger charge is -2.09. The van der Waals surface area contributed by atoms with Crippen LogP contribution in [0.3, 0.4) is 0 Å². The Bertz CT molecular complexity index is 544. The lowest BCUT2D eigenvalue weighted by molar-refractivity contribution is 0.587. The maximum absolute atomic E-state index is 4.53. The van der Waals surface area contributed by atoms with E-state index in [-0.39, 0.29) is 0 Å². The summed E-state index contributed by atoms with van der Waals surface area (Å²) in [6.45, 7) is 9.61. The summed E-state index contributed by atoms with van der Waals surface area (Å²) in [6.07, 6.45) is 1.96. The minimum atomic E-state index is 0.499. The molecule has 0 amide bonds. The summed E-state index contributed by atoms with van der Waals surface area (Å²) in [5.41, 5.74) is 2.60. The third kappa shape index (κ3) is 5.18. The Morgan fingerprint density at radius 3 is 2.24 bits per heavy atom. The van der Waals surface area contributed by atoms with E-state index < -0.39 is 0 Å². The number of pyridine rings is 1. The van der Waals surface area contributed by atoms with E-state index in [1.807, 2.05) is 6.20 Å². The number of hydrogen-bond acceptors (Lipinski definition) is 3. The molecule has 0 bridgehead atoms. The van der Waals surface area contributed by atoms with Gasteiger partial charge in [-0.3, -0.25) is 0 Å². The molecule has 1 N–H and O–H groups in total. The van der Waals surface area contributed by atoms with Gasteiger partial charge in [-0.25, -0.2) is 4.98 Å². The predicted octanol–water partition coefficient (Wildman–Crippen LogP) is 4.85. The highest BCUT2D eigenvalue weighted by Gasteiger charge is 2.02. The monoisotopic (exact) mass is 300 g/mol. The number of aromatic nitrogens is 1. The van der Waals surface area contributed by atoms with Crippen molar-refractivity contribution in [2.45, 2.75) is 56.1 Å². The van der Waals surface area contributed by atoms with Gasteiger partial charge < -0.3 is 5.32 Å². The molecule has 0 fully saturated rings. The molecule has 0 aliphatic rings. The Kier molecular flexibility index (Phi) is 5.83. The van der Waals surface area contributed by atoms with Crippen molar-refractivity contribution in [3.05, 3.63) is 53.7 Å². The Morgan fingerprint density at radius 2 is 1.71 bits per heavy atom. The molecule has 0 aliphatic heterocycles. The van der Waals surface area contributed by atoms with Crippen LogP contribution in [-0.4, -0.2) is 11.0 Å². The molecule has 2 rings (SSSR count). The minimum Gasteiger partial charge on any atom is -0.310 e. The lowest BCUT2D eigenvalue weighted by atomic mass is 10.0. The van der Waals surface area contributed by atoms with Gasteiger partial charge in [-0.15, -0.1) is 0 Å². The van der Waals surface area contributed by atoms with Gasteiger partial charge in [0.25, 0.3) is 0 Å². The van der Waals surface area contributed by atoms with E-state index in [0.717, 1.165) is 11.6 Å². The average Bonchev–Trinajstić information content (AvgIpc) is 2.47. The maximum atomic E-state index is 4.53. The van der Waals surface area contributed by atoms with E-state index >= 15 is 0 Å². The third-order valence-corrected chi connectivity index (χ3v) is 4.24. The van der Waals surface area contributed by atoms with E-state index in [9.17, 15) is 0 Å². The minimum absolute atomic E-state index is 0.499. The summed E-state index contributed by atoms with van der Waals surface area (Å²) in [5.74, 6) is 0.579. The highest BCUT2D eigenvalue weighted by Crippen LogP contribution is 2.27. The first-order chi connectivity index (χ1) is 10.0. The van der Waals surface area contributed by atoms with Crippen LogP contribution in [-0.2, 0) is 6.54 Å². The van der Waals surface area contributed by atoms with Crippen LogP contribution in [0.4, 0.5) is 0 Å². The Labute approximate surface area is 132 Å². The molecule has 1 aromatic carbocycles. The zero-order chi connectivity index (χ0) is 15.2. The summed E-state index contributed by atoms with van der Waals surface area (Å²) < 4.78 is 0. The molecule has 0 unspecified atom stereocenters. The molecule has 2 nitrogen and oxygen atoms in total. The Morgan fingerprint density at radius 1 is 1.00 bits per heavy atom. The quantitative estimate of drug-likeness (QED) is 0.825. The van der Waals surface area contributed by atoms with Gasteiger partial charge in [0, 0.05) is 23.7 Å². The Hall–Kier alpha value is -1.32. The van der Waals surface area contributed by atoms with Crippen LogP contribution >= 0.6 is 11.8 Å². The van der Waals surface area contributed by atoms with E-state index in [4.69, 9.17) is 0 Å². The molecule has 0 radical (unpaired) electrons. The van der Waals surface area contributed by atoms with Gasteiger partial charge in [0.15, 0.2) is 0 Å². The molecule has 0 aliphatic carbocycles. The number of nitrogens with one attached hydrogen (secondary N) is 1. The van der Waals surface area contributed by atoms with Crippen molar-refractivity contribution in [2.24, 2.45) is 0 Å². The van der Waals surface area contributed by atoms with Crippen molar-refractivity contribution in [2.75, 3.05) is 0 Å². The number of rotatable bonds is 6. The summed E-state index contributed by atoms with van der Waals surface area (Å²) in [5, 5.41) is 4.44. The van der Waals surface area contributed by atoms with Crippen LogP contribution in [0.15, 0.2) is 52.5 Å². The van der Waals surface area contributed by atoms with Gasteiger partial charge in [-0.05, 0) is 35.2 Å². The molecular formula is C18H24N2S. The molecule has 21 heavy (non-hydrogen) atoms. The van der Waals surface area contributed by atoms with Crippen molar-refractivity contribution < 1.29 is 0 Å². The van der Waals surface area contributed by atoms with Gasteiger partial charge in [0.2, 0.25) is 0 Å². The number of hydrogen-bond donors (Lipinski definition) is 1. The fraction of sp³-hybridized carbons (Fsp3) is 0.389. The average molecular weight is 300 g/mol. The number of nitrogens with zero attached hydrogens (tertiary/aromatic N) is 1. The molecular weight excluding hydrogens is 276 g/mol. The smallest absolute Gasteiger partial charge is 0.101 e. The molecule has 0 atom stereocenters. The summed E-state index contributed by atoms with van der Waals surface area (Å²) >= 11 is 1.71. The van der Waals surface area contributed by atoms with E-state index in [0.29, 0.717) is 12.0 Å². The number of benzene rings is 1. The fourth-order valence-corrected chi connectivity index (χ4v) is 2.69. The fourth-order valence-electron chi connectivity index (χ4n) is 1.94. The van der Waals surface area contributed by atoms with Crippen molar-refractivity contribution >= 4 is 11.8 Å². The highest BCUT2D eigenvalue weighted by atomic mass is 32.2. The van der Waals surface area contributed by atoms with E-state index in [1.165, 1.54) is 16.0 Å². The van der Waals surface area contributed by atoms with Crippen LogP contribution in [0.1, 0.15) is 44.7 Å². The van der Waals surface area contributed by atoms with Crippen molar-refractivity contribution in [3.63, 3.8) is 0 Å². The first kappa shape index (κ1) is 16.1. The molecule has 2 aromatic rings. The van der Waals surface area contributed by atoms with Crippen molar-refractivity contribution in [1.29, 1.82) is 0 Å². The molecule has 0 saturated heterocycles. The summed E-state index contributed by atoms with van der Waals surface area (Å²) in [7, 11) is 0. The van der Waals surface area contributed by atoms with Crippen LogP contribution < -0.4 is 5.32 Å². The second kappa shape index (κ2) is 7.62.